The number of nitrogens with one attached hydrogen (secondary N) is 2. The van der Waals surface area contributed by atoms with E-state index in [0.717, 1.165) is 39.8 Å². The first-order valence-electron chi connectivity index (χ1n) is 19.1. The van der Waals surface area contributed by atoms with Crippen LogP contribution in [0.1, 0.15) is 11.1 Å². The molecule has 4 aromatic carbocycles. The highest BCUT2D eigenvalue weighted by atomic mass is 32.2. The van der Waals surface area contributed by atoms with Crippen LogP contribution in [0.25, 0.3) is 22.0 Å². The highest BCUT2D eigenvalue weighted by Crippen LogP contribution is 2.43. The van der Waals surface area contributed by atoms with Crippen molar-refractivity contribution in [1.82, 2.24) is 15.0 Å². The van der Waals surface area contributed by atoms with E-state index in [2.05, 4.69) is 60.5 Å². The summed E-state index contributed by atoms with van der Waals surface area (Å²) in [6.45, 7) is 1.58. The average molecular weight is 1020 g/mol. The van der Waals surface area contributed by atoms with Crippen LogP contribution in [-0.2, 0) is 57.2 Å². The summed E-state index contributed by atoms with van der Waals surface area (Å²) in [5.41, 5.74) is 1.66. The molecule has 0 bridgehead atoms. The number of hydrogen-bond acceptors (Lipinski definition) is 23. The Labute approximate surface area is 393 Å². The minimum atomic E-state index is -4.42. The molecular formula is C41H34N10O12S5. The van der Waals surface area contributed by atoms with Gasteiger partial charge in [-0.25, -0.2) is 9.97 Å². The first-order chi connectivity index (χ1) is 32.3. The smallest absolute Gasteiger partial charge is 0.297 e. The van der Waals surface area contributed by atoms with Crippen molar-refractivity contribution in [3.63, 3.8) is 0 Å². The summed E-state index contributed by atoms with van der Waals surface area (Å²) >= 11 is 0.906. The lowest BCUT2D eigenvalue weighted by Gasteiger charge is -2.16. The molecule has 22 nitrogen and oxygen atoms in total. The van der Waals surface area contributed by atoms with Gasteiger partial charge in [-0.1, -0.05) is 23.5 Å². The van der Waals surface area contributed by atoms with Crippen LogP contribution in [-0.4, -0.2) is 77.1 Å². The van der Waals surface area contributed by atoms with Crippen molar-refractivity contribution in [3.05, 3.63) is 115 Å². The fourth-order valence-electron chi connectivity index (χ4n) is 6.28. The maximum atomic E-state index is 13.1. The van der Waals surface area contributed by atoms with Gasteiger partial charge in [-0.15, -0.1) is 20.5 Å². The minimum absolute atomic E-state index is 0.0127. The molecule has 0 saturated heterocycles. The number of thiazole rings is 1. The number of pyridine rings is 2. The van der Waals surface area contributed by atoms with Gasteiger partial charge in [0, 0.05) is 45.7 Å². The van der Waals surface area contributed by atoms with Crippen molar-refractivity contribution in [2.45, 2.75) is 26.5 Å². The zero-order valence-electron chi connectivity index (χ0n) is 35.8. The Morgan fingerprint density at radius 1 is 0.618 bits per heavy atom. The second-order valence-electron chi connectivity index (χ2n) is 13.6. The van der Waals surface area contributed by atoms with Crippen LogP contribution in [0.3, 0.4) is 0 Å². The van der Waals surface area contributed by atoms with E-state index in [9.17, 15) is 38.9 Å². The Hall–Kier alpha value is -7.00. The van der Waals surface area contributed by atoms with Crippen molar-refractivity contribution >= 4 is 107 Å². The summed E-state index contributed by atoms with van der Waals surface area (Å²) < 4.78 is 120. The maximum absolute atomic E-state index is 13.1. The quantitative estimate of drug-likeness (QED) is 0.0637. The molecule has 27 heteroatoms. The number of azo groups is 2. The SMILES string of the molecule is COS(=O)(=O)c1ccc(Nc2nc(Nc3ccc(S(=O)(=O)OC)cc3)c(N=Nc3nc(-c4cccnc4)c(N=Nc4cc(S(=O)(=O)OC)c5cccc(S(=O)(=O)OC)c5c4)s3)c(C)c2C#N)cc1. The molecule has 0 spiro atoms. The lowest BCUT2D eigenvalue weighted by molar-refractivity contribution is 0.396. The number of benzene rings is 4. The van der Waals surface area contributed by atoms with Crippen molar-refractivity contribution in [3.8, 4) is 17.3 Å². The highest BCUT2D eigenvalue weighted by molar-refractivity contribution is 7.87. The lowest BCUT2D eigenvalue weighted by Crippen LogP contribution is -2.06. The predicted molar refractivity (Wildman–Crippen MR) is 248 cm³/mol. The summed E-state index contributed by atoms with van der Waals surface area (Å²) in [4.78, 5) is 12.5. The van der Waals surface area contributed by atoms with Gasteiger partial charge in [0.05, 0.1) is 49.5 Å². The molecular weight excluding hydrogens is 985 g/mol. The first-order valence-corrected chi connectivity index (χ1v) is 25.5. The molecule has 0 amide bonds. The molecule has 3 aromatic heterocycles. The normalized spacial score (nSPS) is 12.5. The van der Waals surface area contributed by atoms with E-state index in [0.29, 0.717) is 16.9 Å². The van der Waals surface area contributed by atoms with Crippen LogP contribution in [0.15, 0.2) is 143 Å². The lowest BCUT2D eigenvalue weighted by atomic mass is 10.1. The van der Waals surface area contributed by atoms with Crippen LogP contribution in [0.4, 0.5) is 44.5 Å². The summed E-state index contributed by atoms with van der Waals surface area (Å²) in [6, 6.07) is 22.9. The number of fused-ring (bicyclic) bond motifs is 1. The summed E-state index contributed by atoms with van der Waals surface area (Å²) in [5, 5.41) is 34.2. The molecule has 0 radical (unpaired) electrons. The summed E-state index contributed by atoms with van der Waals surface area (Å²) in [7, 11) is -12.8. The molecule has 0 saturated carbocycles. The number of rotatable bonds is 17. The fraction of sp³-hybridized carbons (Fsp3) is 0.122. The molecule has 350 valence electrons. The zero-order chi connectivity index (χ0) is 49.0. The number of hydrogen-bond donors (Lipinski definition) is 2. The molecule has 68 heavy (non-hydrogen) atoms. The predicted octanol–water partition coefficient (Wildman–Crippen LogP) is 8.59. The third kappa shape index (κ3) is 10.3. The minimum Gasteiger partial charge on any atom is -0.339 e. The summed E-state index contributed by atoms with van der Waals surface area (Å²) in [5.74, 6) is 0.0656. The van der Waals surface area contributed by atoms with Crippen molar-refractivity contribution < 1.29 is 50.4 Å². The van der Waals surface area contributed by atoms with Crippen molar-refractivity contribution in [1.29, 1.82) is 5.26 Å². The summed E-state index contributed by atoms with van der Waals surface area (Å²) in [6.07, 6.45) is 3.04. The molecule has 3 heterocycles. The zero-order valence-corrected chi connectivity index (χ0v) is 39.9. The van der Waals surface area contributed by atoms with E-state index in [-0.39, 0.29) is 80.3 Å². The third-order valence-electron chi connectivity index (χ3n) is 9.68. The second kappa shape index (κ2) is 19.7. The van der Waals surface area contributed by atoms with Gasteiger partial charge in [0.2, 0.25) is 5.13 Å². The van der Waals surface area contributed by atoms with E-state index in [1.54, 1.807) is 19.1 Å². The van der Waals surface area contributed by atoms with Gasteiger partial charge in [0.25, 0.3) is 40.5 Å². The Balaban J connectivity index is 1.34. The maximum Gasteiger partial charge on any atom is 0.297 e. The molecule has 0 aliphatic carbocycles. The first kappa shape index (κ1) is 48.9. The van der Waals surface area contributed by atoms with Crippen LogP contribution < -0.4 is 10.6 Å². The van der Waals surface area contributed by atoms with Gasteiger partial charge >= 0.3 is 0 Å². The van der Waals surface area contributed by atoms with Crippen LogP contribution in [0.5, 0.6) is 0 Å². The second-order valence-corrected chi connectivity index (χ2v) is 21.4. The van der Waals surface area contributed by atoms with Gasteiger partial charge < -0.3 is 10.6 Å². The van der Waals surface area contributed by atoms with E-state index in [1.807, 2.05) is 0 Å². The van der Waals surface area contributed by atoms with Crippen LogP contribution >= 0.6 is 11.3 Å². The number of anilines is 4. The third-order valence-corrected chi connectivity index (χ3v) is 15.7. The monoisotopic (exact) mass is 1020 g/mol. The number of nitriles is 1. The molecule has 0 atom stereocenters. The molecule has 7 rings (SSSR count). The van der Waals surface area contributed by atoms with Gasteiger partial charge in [-0.3, -0.25) is 21.7 Å². The van der Waals surface area contributed by atoms with E-state index in [4.69, 9.17) is 8.37 Å². The topological polar surface area (TPSA) is 309 Å². The Kier molecular flexibility index (Phi) is 14.2. The molecule has 7 aromatic rings. The molecule has 0 aliphatic heterocycles. The number of aromatic nitrogens is 3. The van der Waals surface area contributed by atoms with Gasteiger partial charge in [0.1, 0.15) is 27.2 Å². The van der Waals surface area contributed by atoms with Crippen molar-refractivity contribution in [2.75, 3.05) is 39.1 Å². The van der Waals surface area contributed by atoms with Crippen LogP contribution in [0.2, 0.25) is 0 Å². The highest BCUT2D eigenvalue weighted by Gasteiger charge is 2.25. The van der Waals surface area contributed by atoms with E-state index < -0.39 is 40.5 Å². The standard InChI is InChI=1S/C41H34N10O12S5/c1-24-33(22-42)38(44-26-11-15-29(16-12-26)65(52,53)60-2)47-39(45-27-13-17-30(18-14-27)66(54,55)61-3)36(24)49-51-41-46-37(25-8-7-19-43-23-25)40(64-41)50-48-28-20-32-31(35(21-28)68(58,59)63-5)9-6-10-34(32)67(56,57)62-4/h6-21,23H,1-5H3,(H2,44,45,47). The molecule has 2 N–H and O–H groups in total. The van der Waals surface area contributed by atoms with Crippen LogP contribution in [0, 0.1) is 18.3 Å². The Bertz CT molecular complexity index is 3640. The van der Waals surface area contributed by atoms with Gasteiger partial charge in [0.15, 0.2) is 16.6 Å². The Morgan fingerprint density at radius 2 is 1.21 bits per heavy atom. The Morgan fingerprint density at radius 3 is 1.76 bits per heavy atom. The van der Waals surface area contributed by atoms with E-state index in [1.165, 1.54) is 91.3 Å². The average Bonchev–Trinajstić information content (AvgIpc) is 3.76. The van der Waals surface area contributed by atoms with Gasteiger partial charge in [-0.2, -0.15) is 38.9 Å². The van der Waals surface area contributed by atoms with E-state index >= 15 is 0 Å². The largest absolute Gasteiger partial charge is 0.339 e. The fourth-order valence-corrected chi connectivity index (χ4v) is 10.1. The molecule has 0 aliphatic rings. The number of nitrogens with zero attached hydrogens (tertiary/aromatic N) is 8. The molecule has 0 fully saturated rings. The molecule has 0 unspecified atom stereocenters. The van der Waals surface area contributed by atoms with Crippen molar-refractivity contribution in [2.24, 2.45) is 20.5 Å². The van der Waals surface area contributed by atoms with Gasteiger partial charge in [-0.05, 0) is 85.8 Å².